The molecule has 32 heavy (non-hydrogen) atoms. The number of aromatic nitrogens is 1. The summed E-state index contributed by atoms with van der Waals surface area (Å²) in [5.41, 5.74) is -1.36. The maximum atomic E-state index is 13.5. The SMILES string of the molecule is O=C(COc1ccc(Cl)c(F)c1)NC12CCC(NC(=O)c3ccc(F)cn3)(CC1)C(O)C2. The van der Waals surface area contributed by atoms with Gasteiger partial charge in [-0.3, -0.25) is 9.59 Å². The molecule has 0 radical (unpaired) electrons. The van der Waals surface area contributed by atoms with Gasteiger partial charge < -0.3 is 20.5 Å². The second-order valence-electron chi connectivity index (χ2n) is 8.38. The third kappa shape index (κ3) is 4.54. The van der Waals surface area contributed by atoms with Crippen LogP contribution in [0.5, 0.6) is 5.75 Å². The minimum Gasteiger partial charge on any atom is -0.484 e. The number of pyridine rings is 1. The summed E-state index contributed by atoms with van der Waals surface area (Å²) in [6.45, 7) is -0.308. The largest absolute Gasteiger partial charge is 0.484 e. The van der Waals surface area contributed by atoms with E-state index in [2.05, 4.69) is 15.6 Å². The molecule has 3 aliphatic carbocycles. The lowest BCUT2D eigenvalue weighted by Crippen LogP contribution is -2.70. The first-order valence-corrected chi connectivity index (χ1v) is 10.6. The summed E-state index contributed by atoms with van der Waals surface area (Å²) in [7, 11) is 0. The number of hydrogen-bond acceptors (Lipinski definition) is 5. The minimum absolute atomic E-state index is 0.0372. The summed E-state index contributed by atoms with van der Waals surface area (Å²) >= 11 is 5.63. The molecule has 2 aromatic rings. The molecule has 3 N–H and O–H groups in total. The van der Waals surface area contributed by atoms with Crippen LogP contribution in [0.4, 0.5) is 8.78 Å². The highest BCUT2D eigenvalue weighted by Gasteiger charge is 2.55. The van der Waals surface area contributed by atoms with Gasteiger partial charge >= 0.3 is 0 Å². The number of hydrogen-bond donors (Lipinski definition) is 3. The molecule has 1 aromatic carbocycles. The van der Waals surface area contributed by atoms with E-state index in [1.807, 2.05) is 0 Å². The first-order chi connectivity index (χ1) is 15.2. The number of amides is 2. The summed E-state index contributed by atoms with van der Waals surface area (Å²) in [6.07, 6.45) is 2.40. The molecule has 1 unspecified atom stereocenters. The van der Waals surface area contributed by atoms with E-state index in [1.165, 1.54) is 18.2 Å². The van der Waals surface area contributed by atoms with Crippen LogP contribution in [0, 0.1) is 11.6 Å². The molecule has 3 fully saturated rings. The predicted molar refractivity (Wildman–Crippen MR) is 111 cm³/mol. The van der Waals surface area contributed by atoms with Crippen molar-refractivity contribution in [3.8, 4) is 5.75 Å². The highest BCUT2D eigenvalue weighted by Crippen LogP contribution is 2.47. The molecule has 2 bridgehead atoms. The predicted octanol–water partition coefficient (Wildman–Crippen LogP) is 2.75. The fraction of sp³-hybridized carbons (Fsp3) is 0.409. The van der Waals surface area contributed by atoms with Crippen LogP contribution in [0.15, 0.2) is 36.5 Å². The molecule has 0 aliphatic heterocycles. The van der Waals surface area contributed by atoms with E-state index in [1.54, 1.807) is 0 Å². The van der Waals surface area contributed by atoms with E-state index in [9.17, 15) is 23.5 Å². The second-order valence-corrected chi connectivity index (χ2v) is 8.79. The van der Waals surface area contributed by atoms with Crippen molar-refractivity contribution < 1.29 is 28.2 Å². The van der Waals surface area contributed by atoms with Crippen LogP contribution >= 0.6 is 11.6 Å². The van der Waals surface area contributed by atoms with Crippen molar-refractivity contribution in [2.24, 2.45) is 0 Å². The van der Waals surface area contributed by atoms with Crippen LogP contribution < -0.4 is 15.4 Å². The number of carbonyl (C=O) groups excluding carboxylic acids is 2. The highest BCUT2D eigenvalue weighted by molar-refractivity contribution is 6.30. The second kappa shape index (κ2) is 8.63. The van der Waals surface area contributed by atoms with Gasteiger partial charge in [0.05, 0.1) is 22.9 Å². The van der Waals surface area contributed by atoms with Gasteiger partial charge in [-0.1, -0.05) is 11.6 Å². The van der Waals surface area contributed by atoms with Crippen molar-refractivity contribution in [3.05, 3.63) is 58.9 Å². The Morgan fingerprint density at radius 3 is 2.53 bits per heavy atom. The average molecular weight is 466 g/mol. The molecule has 1 heterocycles. The van der Waals surface area contributed by atoms with Crippen molar-refractivity contribution in [2.75, 3.05) is 6.61 Å². The zero-order valence-electron chi connectivity index (χ0n) is 17.0. The number of fused-ring (bicyclic) bond motifs is 3. The maximum Gasteiger partial charge on any atom is 0.270 e. The first kappa shape index (κ1) is 22.4. The lowest BCUT2D eigenvalue weighted by Gasteiger charge is -2.56. The van der Waals surface area contributed by atoms with Gasteiger partial charge in [-0.2, -0.15) is 0 Å². The van der Waals surface area contributed by atoms with Crippen LogP contribution in [0.1, 0.15) is 42.6 Å². The molecule has 0 spiro atoms. The Balaban J connectivity index is 1.34. The van der Waals surface area contributed by atoms with Crippen molar-refractivity contribution in [2.45, 2.75) is 49.3 Å². The van der Waals surface area contributed by atoms with Gasteiger partial charge in [0.15, 0.2) is 6.61 Å². The quantitative estimate of drug-likeness (QED) is 0.609. The van der Waals surface area contributed by atoms with Crippen LogP contribution in [-0.2, 0) is 4.79 Å². The molecule has 170 valence electrons. The van der Waals surface area contributed by atoms with E-state index in [0.717, 1.165) is 18.3 Å². The van der Waals surface area contributed by atoms with Crippen molar-refractivity contribution in [1.29, 1.82) is 0 Å². The summed E-state index contributed by atoms with van der Waals surface area (Å²) in [6, 6.07) is 6.35. The molecule has 3 aliphatic rings. The van der Waals surface area contributed by atoms with Crippen LogP contribution in [-0.4, -0.2) is 45.7 Å². The van der Waals surface area contributed by atoms with Crippen LogP contribution in [0.2, 0.25) is 5.02 Å². The Labute approximate surface area is 188 Å². The van der Waals surface area contributed by atoms with Gasteiger partial charge in [0.25, 0.3) is 11.8 Å². The Morgan fingerprint density at radius 2 is 1.91 bits per heavy atom. The number of rotatable bonds is 6. The third-order valence-electron chi connectivity index (χ3n) is 6.31. The summed E-state index contributed by atoms with van der Waals surface area (Å²) < 4.78 is 31.9. The van der Waals surface area contributed by atoms with E-state index in [0.29, 0.717) is 25.7 Å². The maximum absolute atomic E-state index is 13.5. The van der Waals surface area contributed by atoms with Gasteiger partial charge in [0.2, 0.25) is 0 Å². The van der Waals surface area contributed by atoms with Gasteiger partial charge in [0.1, 0.15) is 23.1 Å². The fourth-order valence-corrected chi connectivity index (χ4v) is 4.63. The monoisotopic (exact) mass is 465 g/mol. The molecule has 10 heteroatoms. The Morgan fingerprint density at radius 1 is 1.16 bits per heavy atom. The van der Waals surface area contributed by atoms with Crippen molar-refractivity contribution in [3.63, 3.8) is 0 Å². The summed E-state index contributed by atoms with van der Waals surface area (Å²) in [5, 5.41) is 16.6. The molecule has 7 nitrogen and oxygen atoms in total. The Kier molecular flexibility index (Phi) is 6.05. The number of aliphatic hydroxyl groups is 1. The number of nitrogens with one attached hydrogen (secondary N) is 2. The average Bonchev–Trinajstić information content (AvgIpc) is 2.76. The number of benzene rings is 1. The molecule has 2 amide bonds. The number of carbonyl (C=O) groups is 2. The normalized spacial score (nSPS) is 26.4. The molecule has 0 saturated heterocycles. The first-order valence-electron chi connectivity index (χ1n) is 10.2. The molecule has 3 saturated carbocycles. The number of halogens is 3. The number of nitrogens with zero attached hydrogens (tertiary/aromatic N) is 1. The summed E-state index contributed by atoms with van der Waals surface area (Å²) in [5.74, 6) is -1.86. The Bertz CT molecular complexity index is 1030. The smallest absolute Gasteiger partial charge is 0.270 e. The van der Waals surface area contributed by atoms with E-state index >= 15 is 0 Å². The van der Waals surface area contributed by atoms with Crippen molar-refractivity contribution in [1.82, 2.24) is 15.6 Å². The highest BCUT2D eigenvalue weighted by atomic mass is 35.5. The molecule has 1 atom stereocenters. The lowest BCUT2D eigenvalue weighted by atomic mass is 9.60. The molecule has 1 aromatic heterocycles. The minimum atomic E-state index is -0.874. The summed E-state index contributed by atoms with van der Waals surface area (Å²) in [4.78, 5) is 28.8. The topological polar surface area (TPSA) is 101 Å². The number of aliphatic hydroxyl groups excluding tert-OH is 1. The van der Waals surface area contributed by atoms with Gasteiger partial charge in [-0.15, -0.1) is 0 Å². The standard InChI is InChI=1S/C22H22ClF2N3O4/c23-15-3-2-14(9-16(15)25)32-12-19(30)27-21-5-7-22(8-6-21,18(29)10-21)28-20(31)17-4-1-13(24)11-26-17/h1-4,9,11,18,29H,5-8,10,12H2,(H,27,30)(H,28,31). The molecule has 5 rings (SSSR count). The molecular formula is C22H22ClF2N3O4. The van der Waals surface area contributed by atoms with E-state index in [-0.39, 0.29) is 35.4 Å². The van der Waals surface area contributed by atoms with Gasteiger partial charge in [0, 0.05) is 11.6 Å². The number of ether oxygens (including phenoxy) is 1. The fourth-order valence-electron chi connectivity index (χ4n) is 4.51. The lowest BCUT2D eigenvalue weighted by molar-refractivity contribution is -0.129. The van der Waals surface area contributed by atoms with Gasteiger partial charge in [-0.25, -0.2) is 13.8 Å². The third-order valence-corrected chi connectivity index (χ3v) is 6.62. The zero-order valence-corrected chi connectivity index (χ0v) is 17.8. The van der Waals surface area contributed by atoms with Crippen molar-refractivity contribution >= 4 is 23.4 Å². The van der Waals surface area contributed by atoms with Gasteiger partial charge in [-0.05, 0) is 56.4 Å². The van der Waals surface area contributed by atoms with E-state index in [4.69, 9.17) is 16.3 Å². The molecular weight excluding hydrogens is 444 g/mol. The van der Waals surface area contributed by atoms with Crippen LogP contribution in [0.25, 0.3) is 0 Å². The van der Waals surface area contributed by atoms with E-state index < -0.39 is 34.7 Å². The Hall–Kier alpha value is -2.78. The zero-order chi connectivity index (χ0) is 22.9. The van der Waals surface area contributed by atoms with Crippen LogP contribution in [0.3, 0.4) is 0 Å².